The maximum absolute atomic E-state index is 12.4. The fraction of sp³-hybridized carbons (Fsp3) is 0.619. The van der Waals surface area contributed by atoms with Crippen molar-refractivity contribution >= 4 is 28.5 Å². The van der Waals surface area contributed by atoms with Gasteiger partial charge in [-0.15, -0.1) is 0 Å². The molecule has 2 atom stereocenters. The molecule has 2 fully saturated rings. The van der Waals surface area contributed by atoms with Gasteiger partial charge in [-0.05, 0) is 62.9 Å². The minimum atomic E-state index is 0.186. The molecule has 6 heteroatoms. The number of carbonyl (C=O) groups is 1. The quantitative estimate of drug-likeness (QED) is 0.829. The van der Waals surface area contributed by atoms with Gasteiger partial charge in [0.25, 0.3) is 0 Å². The van der Waals surface area contributed by atoms with Crippen molar-refractivity contribution in [2.75, 3.05) is 19.6 Å². The van der Waals surface area contributed by atoms with Gasteiger partial charge in [-0.25, -0.2) is 4.98 Å². The number of benzene rings is 1. The summed E-state index contributed by atoms with van der Waals surface area (Å²) in [7, 11) is 0. The fourth-order valence-electron chi connectivity index (χ4n) is 4.55. The summed E-state index contributed by atoms with van der Waals surface area (Å²) in [6.45, 7) is 4.66. The zero-order valence-electron chi connectivity index (χ0n) is 16.0. The molecule has 1 aliphatic heterocycles. The second kappa shape index (κ2) is 8.19. The molecule has 2 N–H and O–H groups in total. The molecular formula is C21H29ClN4O. The van der Waals surface area contributed by atoms with E-state index < -0.39 is 0 Å². The van der Waals surface area contributed by atoms with Crippen LogP contribution in [0.3, 0.4) is 0 Å². The van der Waals surface area contributed by atoms with Gasteiger partial charge in [-0.1, -0.05) is 31.4 Å². The Bertz CT molecular complexity index is 797. The van der Waals surface area contributed by atoms with Crippen LogP contribution in [0.1, 0.15) is 57.2 Å². The topological polar surface area (TPSA) is 61.0 Å². The average molecular weight is 389 g/mol. The number of hydrogen-bond donors (Lipinski definition) is 2. The molecule has 1 amide bonds. The number of nitrogens with zero attached hydrogens (tertiary/aromatic N) is 2. The normalized spacial score (nSPS) is 25.0. The van der Waals surface area contributed by atoms with Crippen molar-refractivity contribution in [2.45, 2.75) is 57.4 Å². The van der Waals surface area contributed by atoms with Crippen molar-refractivity contribution < 1.29 is 4.79 Å². The summed E-state index contributed by atoms with van der Waals surface area (Å²) in [5, 5.41) is 4.00. The Balaban J connectivity index is 1.28. The van der Waals surface area contributed by atoms with E-state index in [2.05, 4.69) is 22.1 Å². The van der Waals surface area contributed by atoms with Crippen molar-refractivity contribution in [2.24, 2.45) is 5.92 Å². The molecule has 1 aliphatic carbocycles. The molecule has 2 unspecified atom stereocenters. The zero-order valence-corrected chi connectivity index (χ0v) is 16.8. The molecule has 2 aromatic rings. The molecule has 1 saturated carbocycles. The highest BCUT2D eigenvalue weighted by molar-refractivity contribution is 6.31. The minimum absolute atomic E-state index is 0.186. The highest BCUT2D eigenvalue weighted by Gasteiger charge is 2.26. The van der Waals surface area contributed by atoms with Gasteiger partial charge in [0.05, 0.1) is 17.6 Å². The summed E-state index contributed by atoms with van der Waals surface area (Å²) >= 11 is 6.07. The highest BCUT2D eigenvalue weighted by atomic mass is 35.5. The summed E-state index contributed by atoms with van der Waals surface area (Å²) in [6.07, 6.45) is 6.96. The van der Waals surface area contributed by atoms with Gasteiger partial charge in [0.1, 0.15) is 5.82 Å². The van der Waals surface area contributed by atoms with Gasteiger partial charge in [0, 0.05) is 17.0 Å². The number of hydrogen-bond acceptors (Lipinski definition) is 3. The molecule has 4 rings (SSSR count). The number of rotatable bonds is 4. The number of imidazole rings is 1. The Morgan fingerprint density at radius 1 is 1.26 bits per heavy atom. The molecule has 0 bridgehead atoms. The number of amides is 1. The standard InChI is InChI=1S/C21H29ClN4O/c1-14-4-2-3-5-17(14)23-20(27)13-26-10-8-15(9-11-26)21-24-18-7-6-16(22)12-19(18)25-21/h6-7,12,14-15,17H,2-5,8-11,13H2,1H3,(H,23,27)(H,24,25). The van der Waals surface area contributed by atoms with Crippen LogP contribution in [0.25, 0.3) is 11.0 Å². The summed E-state index contributed by atoms with van der Waals surface area (Å²) < 4.78 is 0. The molecule has 27 heavy (non-hydrogen) atoms. The number of aromatic nitrogens is 2. The van der Waals surface area contributed by atoms with Gasteiger partial charge in [-0.2, -0.15) is 0 Å². The third-order valence-electron chi connectivity index (χ3n) is 6.26. The molecule has 146 valence electrons. The second-order valence-corrected chi connectivity index (χ2v) is 8.71. The van der Waals surface area contributed by atoms with E-state index in [4.69, 9.17) is 16.6 Å². The SMILES string of the molecule is CC1CCCCC1NC(=O)CN1CCC(c2nc3ccc(Cl)cc3[nH]2)CC1. The van der Waals surface area contributed by atoms with Crippen LogP contribution in [-0.2, 0) is 4.79 Å². The van der Waals surface area contributed by atoms with E-state index in [9.17, 15) is 4.79 Å². The summed E-state index contributed by atoms with van der Waals surface area (Å²) in [5.41, 5.74) is 1.97. The lowest BCUT2D eigenvalue weighted by molar-refractivity contribution is -0.123. The molecule has 5 nitrogen and oxygen atoms in total. The first-order valence-corrected chi connectivity index (χ1v) is 10.6. The monoisotopic (exact) mass is 388 g/mol. The largest absolute Gasteiger partial charge is 0.352 e. The molecule has 0 radical (unpaired) electrons. The number of halogens is 1. The zero-order chi connectivity index (χ0) is 18.8. The highest BCUT2D eigenvalue weighted by Crippen LogP contribution is 2.28. The molecule has 1 aromatic heterocycles. The molecule has 1 saturated heterocycles. The Kier molecular flexibility index (Phi) is 5.69. The summed E-state index contributed by atoms with van der Waals surface area (Å²) in [6, 6.07) is 6.14. The maximum atomic E-state index is 12.4. The van der Waals surface area contributed by atoms with Gasteiger partial charge in [0.15, 0.2) is 0 Å². The van der Waals surface area contributed by atoms with Gasteiger partial charge in [0.2, 0.25) is 5.91 Å². The first-order valence-electron chi connectivity index (χ1n) is 10.3. The molecular weight excluding hydrogens is 360 g/mol. The Morgan fingerprint density at radius 3 is 2.81 bits per heavy atom. The number of nitrogens with one attached hydrogen (secondary N) is 2. The van der Waals surface area contributed by atoms with Crippen LogP contribution in [0.15, 0.2) is 18.2 Å². The molecule has 2 aliphatic rings. The number of likely N-dealkylation sites (tertiary alicyclic amines) is 1. The lowest BCUT2D eigenvalue weighted by atomic mass is 9.86. The second-order valence-electron chi connectivity index (χ2n) is 8.27. The Morgan fingerprint density at radius 2 is 2.04 bits per heavy atom. The predicted octanol–water partition coefficient (Wildman–Crippen LogP) is 4.09. The average Bonchev–Trinajstić information content (AvgIpc) is 3.07. The number of H-pyrrole nitrogens is 1. The van der Waals surface area contributed by atoms with Crippen molar-refractivity contribution in [3.8, 4) is 0 Å². The van der Waals surface area contributed by atoms with Crippen LogP contribution >= 0.6 is 11.6 Å². The van der Waals surface area contributed by atoms with E-state index in [1.54, 1.807) is 0 Å². The van der Waals surface area contributed by atoms with Crippen molar-refractivity contribution in [1.82, 2.24) is 20.2 Å². The van der Waals surface area contributed by atoms with Crippen molar-refractivity contribution in [3.05, 3.63) is 29.0 Å². The van der Waals surface area contributed by atoms with Crippen LogP contribution in [0.2, 0.25) is 5.02 Å². The number of carbonyl (C=O) groups excluding carboxylic acids is 1. The van der Waals surface area contributed by atoms with E-state index in [1.165, 1.54) is 19.3 Å². The third-order valence-corrected chi connectivity index (χ3v) is 6.50. The van der Waals surface area contributed by atoms with E-state index in [1.807, 2.05) is 18.2 Å². The maximum Gasteiger partial charge on any atom is 0.234 e. The van der Waals surface area contributed by atoms with Crippen molar-refractivity contribution in [1.29, 1.82) is 0 Å². The summed E-state index contributed by atoms with van der Waals surface area (Å²) in [5.74, 6) is 2.27. The number of piperidine rings is 1. The van der Waals surface area contributed by atoms with Gasteiger partial charge < -0.3 is 10.3 Å². The van der Waals surface area contributed by atoms with Gasteiger partial charge in [-0.3, -0.25) is 9.69 Å². The smallest absolute Gasteiger partial charge is 0.234 e. The summed E-state index contributed by atoms with van der Waals surface area (Å²) in [4.78, 5) is 22.9. The first-order chi connectivity index (χ1) is 13.1. The lowest BCUT2D eigenvalue weighted by Gasteiger charge is -2.33. The van der Waals surface area contributed by atoms with E-state index in [-0.39, 0.29) is 5.91 Å². The number of fused-ring (bicyclic) bond motifs is 1. The fourth-order valence-corrected chi connectivity index (χ4v) is 4.72. The van der Waals surface area contributed by atoms with E-state index in [0.29, 0.717) is 24.4 Å². The van der Waals surface area contributed by atoms with Crippen molar-refractivity contribution in [3.63, 3.8) is 0 Å². The Labute approximate surface area is 165 Å². The van der Waals surface area contributed by atoms with Crippen LogP contribution in [0, 0.1) is 5.92 Å². The third kappa shape index (κ3) is 4.46. The molecule has 0 spiro atoms. The van der Waals surface area contributed by atoms with Crippen LogP contribution in [-0.4, -0.2) is 46.5 Å². The van der Waals surface area contributed by atoms with Gasteiger partial charge >= 0.3 is 0 Å². The molecule has 2 heterocycles. The lowest BCUT2D eigenvalue weighted by Crippen LogP contribution is -2.47. The molecule has 1 aromatic carbocycles. The van der Waals surface area contributed by atoms with Crippen LogP contribution < -0.4 is 5.32 Å². The van der Waals surface area contributed by atoms with Crippen LogP contribution in [0.5, 0.6) is 0 Å². The van der Waals surface area contributed by atoms with E-state index >= 15 is 0 Å². The van der Waals surface area contributed by atoms with E-state index in [0.717, 1.165) is 54.2 Å². The first kappa shape index (κ1) is 18.8. The minimum Gasteiger partial charge on any atom is -0.352 e. The predicted molar refractivity (Wildman–Crippen MR) is 109 cm³/mol. The van der Waals surface area contributed by atoms with Crippen LogP contribution in [0.4, 0.5) is 0 Å². The number of aromatic amines is 1. The Hall–Kier alpha value is -1.59.